The first kappa shape index (κ1) is 16.1. The van der Waals surface area contributed by atoms with Gasteiger partial charge >= 0.3 is 0 Å². The highest BCUT2D eigenvalue weighted by Crippen LogP contribution is 2.14. The molecule has 0 aliphatic rings. The molecule has 0 radical (unpaired) electrons. The van der Waals surface area contributed by atoms with E-state index in [4.69, 9.17) is 4.74 Å². The highest BCUT2D eigenvalue weighted by Gasteiger charge is 2.08. The lowest BCUT2D eigenvalue weighted by atomic mass is 10.1. The lowest BCUT2D eigenvalue weighted by Crippen LogP contribution is -2.24. The first-order valence-electron chi connectivity index (χ1n) is 7.97. The number of ether oxygens (including phenoxy) is 1. The van der Waals surface area contributed by atoms with Gasteiger partial charge in [0.2, 0.25) is 5.91 Å². The predicted molar refractivity (Wildman–Crippen MR) is 93.9 cm³/mol. The molecule has 0 bridgehead atoms. The van der Waals surface area contributed by atoms with E-state index < -0.39 is 0 Å². The molecule has 5 heteroatoms. The quantitative estimate of drug-likeness (QED) is 0.759. The minimum atomic E-state index is 0.0258. The molecule has 124 valence electrons. The lowest BCUT2D eigenvalue weighted by molar-refractivity contribution is -0.121. The van der Waals surface area contributed by atoms with Gasteiger partial charge in [-0.2, -0.15) is 0 Å². The van der Waals surface area contributed by atoms with Crippen LogP contribution in [0.1, 0.15) is 17.8 Å². The summed E-state index contributed by atoms with van der Waals surface area (Å²) in [6.45, 7) is 0.437. The highest BCUT2D eigenvalue weighted by molar-refractivity contribution is 5.77. The van der Waals surface area contributed by atoms with Crippen LogP contribution in [0.15, 0.2) is 48.5 Å². The number of para-hydroxylation sites is 2. The number of benzene rings is 2. The summed E-state index contributed by atoms with van der Waals surface area (Å²) >= 11 is 0. The number of fused-ring (bicyclic) bond motifs is 1. The van der Waals surface area contributed by atoms with Gasteiger partial charge in [0.25, 0.3) is 0 Å². The molecule has 3 rings (SSSR count). The summed E-state index contributed by atoms with van der Waals surface area (Å²) in [6.07, 6.45) is 1.16. The van der Waals surface area contributed by atoms with E-state index in [9.17, 15) is 4.79 Å². The highest BCUT2D eigenvalue weighted by atomic mass is 16.5. The van der Waals surface area contributed by atoms with Crippen LogP contribution in [0.2, 0.25) is 0 Å². The molecular weight excluding hydrogens is 302 g/mol. The largest absolute Gasteiger partial charge is 0.497 e. The monoisotopic (exact) mass is 323 g/mol. The van der Waals surface area contributed by atoms with Gasteiger partial charge < -0.3 is 14.6 Å². The fourth-order valence-corrected chi connectivity index (χ4v) is 2.67. The molecule has 0 aliphatic carbocycles. The van der Waals surface area contributed by atoms with Crippen molar-refractivity contribution in [1.29, 1.82) is 0 Å². The zero-order valence-electron chi connectivity index (χ0n) is 14.0. The average Bonchev–Trinajstić information content (AvgIpc) is 2.95. The summed E-state index contributed by atoms with van der Waals surface area (Å²) in [6, 6.07) is 15.7. The van der Waals surface area contributed by atoms with Crippen LogP contribution in [0.4, 0.5) is 0 Å². The number of nitrogens with zero attached hydrogens (tertiary/aromatic N) is 2. The van der Waals surface area contributed by atoms with E-state index in [0.29, 0.717) is 19.4 Å². The first-order chi connectivity index (χ1) is 11.7. The molecule has 24 heavy (non-hydrogen) atoms. The number of imidazole rings is 1. The Kier molecular flexibility index (Phi) is 4.79. The maximum Gasteiger partial charge on any atom is 0.220 e. The van der Waals surface area contributed by atoms with Crippen LogP contribution < -0.4 is 10.1 Å². The van der Waals surface area contributed by atoms with Crippen molar-refractivity contribution in [3.8, 4) is 5.75 Å². The molecule has 0 fully saturated rings. The summed E-state index contributed by atoms with van der Waals surface area (Å²) in [4.78, 5) is 16.6. The minimum absolute atomic E-state index is 0.0258. The van der Waals surface area contributed by atoms with Crippen molar-refractivity contribution < 1.29 is 9.53 Å². The molecular formula is C19H21N3O2. The maximum absolute atomic E-state index is 12.1. The number of aryl methyl sites for hydroxylation is 2. The topological polar surface area (TPSA) is 56.1 Å². The zero-order valence-corrected chi connectivity index (χ0v) is 14.0. The third-order valence-electron chi connectivity index (χ3n) is 4.12. The second kappa shape index (κ2) is 7.17. The molecule has 0 unspecified atom stereocenters. The standard InChI is InChI=1S/C19H21N3O2/c1-22-17-6-4-3-5-16(17)21-18(22)13-20-19(23)12-9-14-7-10-15(24-2)11-8-14/h3-8,10-11H,9,12-13H2,1-2H3,(H,20,23). The summed E-state index contributed by atoms with van der Waals surface area (Å²) < 4.78 is 7.14. The molecule has 5 nitrogen and oxygen atoms in total. The Bertz CT molecular complexity index is 837. The number of amides is 1. The fraction of sp³-hybridized carbons (Fsp3) is 0.263. The first-order valence-corrected chi connectivity index (χ1v) is 7.97. The number of hydrogen-bond donors (Lipinski definition) is 1. The number of carbonyl (C=O) groups excluding carboxylic acids is 1. The normalized spacial score (nSPS) is 10.8. The number of hydrogen-bond acceptors (Lipinski definition) is 3. The van der Waals surface area contributed by atoms with Crippen LogP contribution in [-0.2, 0) is 24.8 Å². The molecule has 0 saturated heterocycles. The van der Waals surface area contributed by atoms with Gasteiger partial charge in [-0.25, -0.2) is 4.98 Å². The Morgan fingerprint density at radius 3 is 2.62 bits per heavy atom. The predicted octanol–water partition coefficient (Wildman–Crippen LogP) is 2.83. The van der Waals surface area contributed by atoms with Crippen molar-refractivity contribution in [2.45, 2.75) is 19.4 Å². The van der Waals surface area contributed by atoms with Crippen LogP contribution >= 0.6 is 0 Å². The summed E-state index contributed by atoms with van der Waals surface area (Å²) in [5.41, 5.74) is 3.14. The maximum atomic E-state index is 12.1. The number of rotatable bonds is 6. The van der Waals surface area contributed by atoms with Gasteiger partial charge in [0, 0.05) is 13.5 Å². The van der Waals surface area contributed by atoms with E-state index in [1.165, 1.54) is 0 Å². The number of nitrogens with one attached hydrogen (secondary N) is 1. The van der Waals surface area contributed by atoms with Crippen molar-refractivity contribution >= 4 is 16.9 Å². The van der Waals surface area contributed by atoms with Crippen molar-refractivity contribution in [2.75, 3.05) is 7.11 Å². The smallest absolute Gasteiger partial charge is 0.220 e. The van der Waals surface area contributed by atoms with Crippen LogP contribution in [0.3, 0.4) is 0 Å². The summed E-state index contributed by atoms with van der Waals surface area (Å²) in [5, 5.41) is 2.95. The molecule has 1 heterocycles. The fourth-order valence-electron chi connectivity index (χ4n) is 2.67. The van der Waals surface area contributed by atoms with Crippen molar-refractivity contribution in [2.24, 2.45) is 7.05 Å². The number of carbonyl (C=O) groups is 1. The van der Waals surface area contributed by atoms with Gasteiger partial charge in [-0.05, 0) is 36.2 Å². The minimum Gasteiger partial charge on any atom is -0.497 e. The molecule has 2 aromatic carbocycles. The molecule has 0 saturated carbocycles. The van der Waals surface area contributed by atoms with Crippen LogP contribution in [0, 0.1) is 0 Å². The van der Waals surface area contributed by atoms with Crippen molar-refractivity contribution in [3.05, 3.63) is 59.9 Å². The third kappa shape index (κ3) is 3.56. The number of aromatic nitrogens is 2. The van der Waals surface area contributed by atoms with Gasteiger partial charge in [-0.15, -0.1) is 0 Å². The average molecular weight is 323 g/mol. The second-order valence-corrected chi connectivity index (χ2v) is 5.70. The molecule has 1 aromatic heterocycles. The van der Waals surface area contributed by atoms with Crippen LogP contribution in [0.5, 0.6) is 5.75 Å². The van der Waals surface area contributed by atoms with Crippen LogP contribution in [0.25, 0.3) is 11.0 Å². The molecule has 0 atom stereocenters. The summed E-state index contributed by atoms with van der Waals surface area (Å²) in [5.74, 6) is 1.71. The van der Waals surface area contributed by atoms with Gasteiger partial charge in [0.15, 0.2) is 0 Å². The zero-order chi connectivity index (χ0) is 16.9. The van der Waals surface area contributed by atoms with Crippen molar-refractivity contribution in [3.63, 3.8) is 0 Å². The van der Waals surface area contributed by atoms with Gasteiger partial charge in [-0.1, -0.05) is 24.3 Å². The third-order valence-corrected chi connectivity index (χ3v) is 4.12. The van der Waals surface area contributed by atoms with E-state index >= 15 is 0 Å². The van der Waals surface area contributed by atoms with Crippen molar-refractivity contribution in [1.82, 2.24) is 14.9 Å². The van der Waals surface area contributed by atoms with E-state index in [2.05, 4.69) is 10.3 Å². The Morgan fingerprint density at radius 2 is 1.92 bits per heavy atom. The molecule has 3 aromatic rings. The lowest BCUT2D eigenvalue weighted by Gasteiger charge is -2.06. The molecule has 0 aliphatic heterocycles. The number of methoxy groups -OCH3 is 1. The molecule has 0 spiro atoms. The van der Waals surface area contributed by atoms with E-state index in [1.807, 2.05) is 60.1 Å². The van der Waals surface area contributed by atoms with E-state index in [0.717, 1.165) is 28.2 Å². The second-order valence-electron chi connectivity index (χ2n) is 5.70. The van der Waals surface area contributed by atoms with Gasteiger partial charge in [-0.3, -0.25) is 4.79 Å². The SMILES string of the molecule is COc1ccc(CCC(=O)NCc2nc3ccccc3n2C)cc1. The van der Waals surface area contributed by atoms with Crippen LogP contribution in [-0.4, -0.2) is 22.6 Å². The Balaban J connectivity index is 1.53. The Hall–Kier alpha value is -2.82. The van der Waals surface area contributed by atoms with E-state index in [1.54, 1.807) is 7.11 Å². The van der Waals surface area contributed by atoms with Gasteiger partial charge in [0.1, 0.15) is 11.6 Å². The van der Waals surface area contributed by atoms with E-state index in [-0.39, 0.29) is 5.91 Å². The Labute approximate surface area is 141 Å². The molecule has 1 amide bonds. The molecule has 1 N–H and O–H groups in total. The summed E-state index contributed by atoms with van der Waals surface area (Å²) in [7, 11) is 3.61. The van der Waals surface area contributed by atoms with Gasteiger partial charge in [0.05, 0.1) is 24.7 Å². The Morgan fingerprint density at radius 1 is 1.17 bits per heavy atom.